The Bertz CT molecular complexity index is 1070. The van der Waals surface area contributed by atoms with E-state index in [4.69, 9.17) is 23.2 Å². The second-order valence-corrected chi connectivity index (χ2v) is 9.92. The molecule has 1 heterocycles. The van der Waals surface area contributed by atoms with Gasteiger partial charge >= 0.3 is 0 Å². The van der Waals surface area contributed by atoms with E-state index in [9.17, 15) is 9.59 Å². The molecular formula is C25H24Cl2N2O2S. The molecule has 0 atom stereocenters. The number of rotatable bonds is 9. The van der Waals surface area contributed by atoms with Crippen LogP contribution in [-0.4, -0.2) is 34.7 Å². The van der Waals surface area contributed by atoms with Crippen molar-refractivity contribution in [3.63, 3.8) is 0 Å². The maximum Gasteiger partial charge on any atom is 0.254 e. The minimum Gasteiger partial charge on any atom is -0.332 e. The van der Waals surface area contributed by atoms with Gasteiger partial charge in [-0.1, -0.05) is 59.6 Å². The molecule has 4 rings (SSSR count). The molecule has 0 radical (unpaired) electrons. The van der Waals surface area contributed by atoms with Gasteiger partial charge in [0.05, 0.1) is 16.6 Å². The van der Waals surface area contributed by atoms with Gasteiger partial charge in [-0.25, -0.2) is 0 Å². The van der Waals surface area contributed by atoms with Crippen molar-refractivity contribution in [1.29, 1.82) is 0 Å². The van der Waals surface area contributed by atoms with Crippen molar-refractivity contribution < 1.29 is 9.59 Å². The van der Waals surface area contributed by atoms with Crippen LogP contribution >= 0.6 is 34.5 Å². The number of carbonyl (C=O) groups excluding carboxylic acids is 2. The second-order valence-electron chi connectivity index (χ2n) is 8.07. The van der Waals surface area contributed by atoms with E-state index in [1.54, 1.807) is 34.4 Å². The van der Waals surface area contributed by atoms with E-state index in [0.29, 0.717) is 41.2 Å². The molecule has 1 fully saturated rings. The highest BCUT2D eigenvalue weighted by Crippen LogP contribution is 2.31. The lowest BCUT2D eigenvalue weighted by atomic mass is 10.1. The van der Waals surface area contributed by atoms with Gasteiger partial charge in [0.25, 0.3) is 5.91 Å². The molecular weight excluding hydrogens is 463 g/mol. The summed E-state index contributed by atoms with van der Waals surface area (Å²) in [7, 11) is 0. The molecule has 0 unspecified atom stereocenters. The second kappa shape index (κ2) is 10.5. The fourth-order valence-electron chi connectivity index (χ4n) is 3.53. The molecule has 0 spiro atoms. The van der Waals surface area contributed by atoms with Crippen LogP contribution in [0.2, 0.25) is 10.0 Å². The highest BCUT2D eigenvalue weighted by Gasteiger charge is 2.30. The Kier molecular flexibility index (Phi) is 7.51. The molecule has 32 heavy (non-hydrogen) atoms. The molecule has 1 aliphatic carbocycles. The van der Waals surface area contributed by atoms with Crippen molar-refractivity contribution in [2.45, 2.75) is 25.9 Å². The average molecular weight is 487 g/mol. The van der Waals surface area contributed by atoms with Crippen molar-refractivity contribution in [2.75, 3.05) is 13.1 Å². The maximum atomic E-state index is 13.4. The maximum absolute atomic E-state index is 13.4. The molecule has 2 amide bonds. The van der Waals surface area contributed by atoms with Crippen LogP contribution in [0.25, 0.3) is 0 Å². The number of halogens is 2. The first kappa shape index (κ1) is 22.8. The number of amides is 2. The van der Waals surface area contributed by atoms with Gasteiger partial charge in [0.15, 0.2) is 0 Å². The van der Waals surface area contributed by atoms with Gasteiger partial charge in [0, 0.05) is 23.5 Å². The fourth-order valence-corrected chi connectivity index (χ4v) is 4.55. The number of thiophene rings is 1. The van der Waals surface area contributed by atoms with Crippen LogP contribution in [0.4, 0.5) is 0 Å². The third kappa shape index (κ3) is 6.12. The standard InChI is InChI=1S/C25H24Cl2N2O2S/c26-22-11-10-20(13-23(22)27)25(31)29(15-19-8-9-19)17-24(30)28(16-21-7-4-12-32-21)14-18-5-2-1-3-6-18/h1-7,10-13,19H,8-9,14-17H2. The molecule has 0 aliphatic heterocycles. The average Bonchev–Trinajstić information content (AvgIpc) is 3.46. The zero-order valence-electron chi connectivity index (χ0n) is 17.5. The van der Waals surface area contributed by atoms with Crippen molar-refractivity contribution in [1.82, 2.24) is 9.80 Å². The summed E-state index contributed by atoms with van der Waals surface area (Å²) >= 11 is 13.8. The molecule has 4 nitrogen and oxygen atoms in total. The Balaban J connectivity index is 1.53. The predicted molar refractivity (Wildman–Crippen MR) is 130 cm³/mol. The van der Waals surface area contributed by atoms with Gasteiger partial charge in [-0.2, -0.15) is 0 Å². The van der Waals surface area contributed by atoms with Crippen molar-refractivity contribution in [3.05, 3.63) is 92.1 Å². The largest absolute Gasteiger partial charge is 0.332 e. The highest BCUT2D eigenvalue weighted by atomic mass is 35.5. The lowest BCUT2D eigenvalue weighted by Gasteiger charge is -2.28. The first-order chi connectivity index (χ1) is 15.5. The van der Waals surface area contributed by atoms with Crippen LogP contribution in [0, 0.1) is 5.92 Å². The Morgan fingerprint density at radius 3 is 2.34 bits per heavy atom. The lowest BCUT2D eigenvalue weighted by molar-refractivity contribution is -0.133. The summed E-state index contributed by atoms with van der Waals surface area (Å²) < 4.78 is 0. The van der Waals surface area contributed by atoms with Crippen LogP contribution in [0.1, 0.15) is 33.6 Å². The van der Waals surface area contributed by atoms with Crippen molar-refractivity contribution >= 4 is 46.4 Å². The van der Waals surface area contributed by atoms with Gasteiger partial charge in [-0.15, -0.1) is 11.3 Å². The molecule has 2 aromatic carbocycles. The van der Waals surface area contributed by atoms with Crippen molar-refractivity contribution in [2.24, 2.45) is 5.92 Å². The van der Waals surface area contributed by atoms with Gasteiger partial charge in [-0.3, -0.25) is 9.59 Å². The van der Waals surface area contributed by atoms with Crippen LogP contribution in [-0.2, 0) is 17.9 Å². The van der Waals surface area contributed by atoms with Crippen LogP contribution in [0.15, 0.2) is 66.0 Å². The smallest absolute Gasteiger partial charge is 0.254 e. The Morgan fingerprint density at radius 1 is 0.906 bits per heavy atom. The Labute approximate surface area is 202 Å². The number of nitrogens with zero attached hydrogens (tertiary/aromatic N) is 2. The lowest BCUT2D eigenvalue weighted by Crippen LogP contribution is -2.43. The predicted octanol–water partition coefficient (Wildman–Crippen LogP) is 6.14. The molecule has 7 heteroatoms. The van der Waals surface area contributed by atoms with E-state index >= 15 is 0 Å². The molecule has 1 aromatic heterocycles. The van der Waals surface area contributed by atoms with E-state index in [1.165, 1.54) is 0 Å². The quantitative estimate of drug-likeness (QED) is 0.364. The third-order valence-corrected chi connectivity index (χ3v) is 7.05. The molecule has 1 aliphatic rings. The van der Waals surface area contributed by atoms with E-state index in [-0.39, 0.29) is 18.4 Å². The Morgan fingerprint density at radius 2 is 1.69 bits per heavy atom. The monoisotopic (exact) mass is 486 g/mol. The first-order valence-corrected chi connectivity index (χ1v) is 12.2. The zero-order valence-corrected chi connectivity index (χ0v) is 19.9. The summed E-state index contributed by atoms with van der Waals surface area (Å²) in [6.45, 7) is 1.62. The van der Waals surface area contributed by atoms with Gasteiger partial charge in [0.2, 0.25) is 5.91 Å². The first-order valence-electron chi connectivity index (χ1n) is 10.6. The molecule has 3 aromatic rings. The van der Waals surface area contributed by atoms with Gasteiger partial charge in [-0.05, 0) is 54.0 Å². The number of carbonyl (C=O) groups is 2. The molecule has 1 saturated carbocycles. The fraction of sp³-hybridized carbons (Fsp3) is 0.280. The number of hydrogen-bond acceptors (Lipinski definition) is 3. The topological polar surface area (TPSA) is 40.6 Å². The molecule has 0 saturated heterocycles. The molecule has 0 N–H and O–H groups in total. The number of hydrogen-bond donors (Lipinski definition) is 0. The summed E-state index contributed by atoms with van der Waals surface area (Å²) in [5.41, 5.74) is 1.50. The van der Waals surface area contributed by atoms with Gasteiger partial charge < -0.3 is 9.80 Å². The van der Waals surface area contributed by atoms with Crippen LogP contribution in [0.3, 0.4) is 0 Å². The van der Waals surface area contributed by atoms with Gasteiger partial charge in [0.1, 0.15) is 6.54 Å². The molecule has 166 valence electrons. The summed E-state index contributed by atoms with van der Waals surface area (Å²) in [4.78, 5) is 31.3. The molecule has 0 bridgehead atoms. The summed E-state index contributed by atoms with van der Waals surface area (Å²) in [5, 5.41) is 2.74. The Hall–Kier alpha value is -2.34. The minimum atomic E-state index is -0.195. The van der Waals surface area contributed by atoms with Crippen molar-refractivity contribution in [3.8, 4) is 0 Å². The zero-order chi connectivity index (χ0) is 22.5. The van der Waals surface area contributed by atoms with E-state index in [2.05, 4.69) is 0 Å². The summed E-state index contributed by atoms with van der Waals surface area (Å²) in [5.74, 6) is 0.185. The van der Waals surface area contributed by atoms with E-state index in [1.807, 2.05) is 52.7 Å². The normalized spacial score (nSPS) is 13.1. The van der Waals surface area contributed by atoms with Crippen LogP contribution in [0.5, 0.6) is 0 Å². The SMILES string of the molecule is O=C(CN(CC1CC1)C(=O)c1ccc(Cl)c(Cl)c1)N(Cc1ccccc1)Cc1cccs1. The highest BCUT2D eigenvalue weighted by molar-refractivity contribution is 7.09. The minimum absolute atomic E-state index is 0.0355. The summed E-state index contributed by atoms with van der Waals surface area (Å²) in [6.07, 6.45) is 2.17. The number of benzene rings is 2. The summed E-state index contributed by atoms with van der Waals surface area (Å²) in [6, 6.07) is 18.8. The van der Waals surface area contributed by atoms with Crippen LogP contribution < -0.4 is 0 Å². The third-order valence-electron chi connectivity index (χ3n) is 5.45. The van der Waals surface area contributed by atoms with E-state index < -0.39 is 0 Å². The van der Waals surface area contributed by atoms with E-state index in [0.717, 1.165) is 23.3 Å².